The second-order valence-electron chi connectivity index (χ2n) is 5.96. The minimum atomic E-state index is -1.05. The van der Waals surface area contributed by atoms with Crippen molar-refractivity contribution < 1.29 is 19.4 Å². The van der Waals surface area contributed by atoms with E-state index in [4.69, 9.17) is 9.84 Å². The van der Waals surface area contributed by atoms with Crippen molar-refractivity contribution in [3.63, 3.8) is 0 Å². The summed E-state index contributed by atoms with van der Waals surface area (Å²) in [5.74, 6) is -0.591. The highest BCUT2D eigenvalue weighted by molar-refractivity contribution is 6.10. The molecule has 6 nitrogen and oxygen atoms in total. The van der Waals surface area contributed by atoms with Gasteiger partial charge in [0, 0.05) is 0 Å². The van der Waals surface area contributed by atoms with E-state index in [1.54, 1.807) is 36.4 Å². The van der Waals surface area contributed by atoms with Gasteiger partial charge in [-0.15, -0.1) is 0 Å². The molecule has 3 aromatic carbocycles. The first-order chi connectivity index (χ1) is 14.1. The van der Waals surface area contributed by atoms with E-state index in [1.807, 2.05) is 24.3 Å². The summed E-state index contributed by atoms with van der Waals surface area (Å²) >= 11 is 0. The zero-order valence-corrected chi connectivity index (χ0v) is 15.2. The molecule has 0 spiro atoms. The Kier molecular flexibility index (Phi) is 6.03. The molecule has 0 aliphatic heterocycles. The Balaban J connectivity index is 1.80. The molecule has 0 radical (unpaired) electrons. The number of carboxylic acids is 1. The highest BCUT2D eigenvalue weighted by Crippen LogP contribution is 2.29. The number of para-hydroxylation sites is 3. The monoisotopic (exact) mass is 384 g/mol. The van der Waals surface area contributed by atoms with Gasteiger partial charge in [-0.3, -0.25) is 4.79 Å². The van der Waals surface area contributed by atoms with Gasteiger partial charge >= 0.3 is 5.97 Å². The number of aromatic carboxylic acids is 1. The summed E-state index contributed by atoms with van der Waals surface area (Å²) in [6.07, 6.45) is 1.39. The number of benzene rings is 3. The Morgan fingerprint density at radius 2 is 1.59 bits per heavy atom. The summed E-state index contributed by atoms with van der Waals surface area (Å²) in [6.45, 7) is 0. The summed E-state index contributed by atoms with van der Waals surface area (Å²) < 4.78 is 5.80. The van der Waals surface area contributed by atoms with E-state index in [2.05, 4.69) is 5.32 Å². The zero-order valence-electron chi connectivity index (χ0n) is 15.2. The first kappa shape index (κ1) is 19.4. The van der Waals surface area contributed by atoms with Crippen LogP contribution in [0.15, 0.2) is 84.4 Å². The number of carboxylic acid groups (broad SMARTS) is 1. The highest BCUT2D eigenvalue weighted by atomic mass is 16.5. The number of nitrogens with zero attached hydrogens (tertiary/aromatic N) is 1. The molecule has 0 aliphatic rings. The quantitative estimate of drug-likeness (QED) is 0.473. The van der Waals surface area contributed by atoms with Gasteiger partial charge in [-0.1, -0.05) is 42.5 Å². The molecule has 29 heavy (non-hydrogen) atoms. The lowest BCUT2D eigenvalue weighted by Crippen LogP contribution is -2.14. The Hall–Kier alpha value is -4.37. The summed E-state index contributed by atoms with van der Waals surface area (Å²) in [5.41, 5.74) is 0.957. The van der Waals surface area contributed by atoms with Crippen molar-refractivity contribution in [1.29, 1.82) is 5.26 Å². The molecule has 3 rings (SSSR count). The average molecular weight is 384 g/mol. The van der Waals surface area contributed by atoms with Crippen molar-refractivity contribution in [2.45, 2.75) is 0 Å². The molecule has 2 N–H and O–H groups in total. The number of anilines is 1. The number of hydrogen-bond acceptors (Lipinski definition) is 4. The van der Waals surface area contributed by atoms with Crippen molar-refractivity contribution in [3.8, 4) is 17.6 Å². The molecule has 0 aromatic heterocycles. The van der Waals surface area contributed by atoms with E-state index >= 15 is 0 Å². The third-order valence-corrected chi connectivity index (χ3v) is 3.94. The molecule has 0 heterocycles. The van der Waals surface area contributed by atoms with Crippen molar-refractivity contribution in [1.82, 2.24) is 0 Å². The molecule has 142 valence electrons. The van der Waals surface area contributed by atoms with E-state index in [0.29, 0.717) is 22.7 Å². The van der Waals surface area contributed by atoms with Gasteiger partial charge in [0.15, 0.2) is 5.75 Å². The molecule has 3 aromatic rings. The number of hydrogen-bond donors (Lipinski definition) is 2. The number of rotatable bonds is 6. The lowest BCUT2D eigenvalue weighted by atomic mass is 10.1. The first-order valence-electron chi connectivity index (χ1n) is 8.65. The highest BCUT2D eigenvalue weighted by Gasteiger charge is 2.13. The maximum absolute atomic E-state index is 12.6. The van der Waals surface area contributed by atoms with Crippen LogP contribution in [0, 0.1) is 11.3 Å². The normalized spacial score (nSPS) is 10.7. The predicted octanol–water partition coefficient (Wildman–Crippen LogP) is 4.72. The fourth-order valence-electron chi connectivity index (χ4n) is 2.50. The number of ether oxygens (including phenoxy) is 1. The van der Waals surface area contributed by atoms with Crippen LogP contribution in [0.3, 0.4) is 0 Å². The Bertz CT molecular complexity index is 1100. The largest absolute Gasteiger partial charge is 0.478 e. The van der Waals surface area contributed by atoms with Crippen molar-refractivity contribution in [2.24, 2.45) is 0 Å². The van der Waals surface area contributed by atoms with Gasteiger partial charge in [0.05, 0.1) is 11.3 Å². The SMILES string of the molecule is N#C/C(=C\c1ccc(C(=O)O)cc1)C(=O)Nc1ccccc1Oc1ccccc1. The second-order valence-corrected chi connectivity index (χ2v) is 5.96. The third-order valence-electron chi connectivity index (χ3n) is 3.94. The number of carbonyl (C=O) groups excluding carboxylic acids is 1. The van der Waals surface area contributed by atoms with Crippen molar-refractivity contribution in [3.05, 3.63) is 95.6 Å². The molecule has 0 saturated carbocycles. The average Bonchev–Trinajstić information content (AvgIpc) is 2.74. The molecule has 0 unspecified atom stereocenters. The molecular formula is C23H16N2O4. The fourth-order valence-corrected chi connectivity index (χ4v) is 2.50. The van der Waals surface area contributed by atoms with Gasteiger partial charge in [0.25, 0.3) is 5.91 Å². The van der Waals surface area contributed by atoms with Crippen LogP contribution in [0.25, 0.3) is 6.08 Å². The smallest absolute Gasteiger partial charge is 0.335 e. The molecular weight excluding hydrogens is 368 g/mol. The molecule has 6 heteroatoms. The Morgan fingerprint density at radius 1 is 0.931 bits per heavy atom. The minimum Gasteiger partial charge on any atom is -0.478 e. The lowest BCUT2D eigenvalue weighted by Gasteiger charge is -2.12. The summed E-state index contributed by atoms with van der Waals surface area (Å²) in [6, 6.07) is 23.8. The van der Waals surface area contributed by atoms with Gasteiger partial charge in [0.1, 0.15) is 17.4 Å². The van der Waals surface area contributed by atoms with E-state index in [0.717, 1.165) is 0 Å². The van der Waals surface area contributed by atoms with Gasteiger partial charge in [0.2, 0.25) is 0 Å². The molecule has 1 amide bonds. The molecule has 0 bridgehead atoms. The van der Waals surface area contributed by atoms with Gasteiger partial charge in [-0.25, -0.2) is 4.79 Å². The minimum absolute atomic E-state index is 0.122. The van der Waals surface area contributed by atoms with Gasteiger partial charge in [-0.2, -0.15) is 5.26 Å². The molecule has 0 aliphatic carbocycles. The van der Waals surface area contributed by atoms with E-state index in [-0.39, 0.29) is 11.1 Å². The van der Waals surface area contributed by atoms with Crippen molar-refractivity contribution in [2.75, 3.05) is 5.32 Å². The van der Waals surface area contributed by atoms with Crippen LogP contribution in [0.4, 0.5) is 5.69 Å². The Morgan fingerprint density at radius 3 is 2.24 bits per heavy atom. The summed E-state index contributed by atoms with van der Waals surface area (Å²) in [7, 11) is 0. The maximum atomic E-state index is 12.6. The van der Waals surface area contributed by atoms with Crippen LogP contribution in [-0.2, 0) is 4.79 Å². The Labute approximate surface area is 167 Å². The topological polar surface area (TPSA) is 99.4 Å². The van der Waals surface area contributed by atoms with Crippen LogP contribution in [-0.4, -0.2) is 17.0 Å². The maximum Gasteiger partial charge on any atom is 0.335 e. The molecule has 0 fully saturated rings. The number of carbonyl (C=O) groups is 2. The van der Waals surface area contributed by atoms with Crippen molar-refractivity contribution >= 4 is 23.6 Å². The van der Waals surface area contributed by atoms with E-state index in [1.165, 1.54) is 30.3 Å². The first-order valence-corrected chi connectivity index (χ1v) is 8.65. The van der Waals surface area contributed by atoms with Crippen LogP contribution in [0.5, 0.6) is 11.5 Å². The standard InChI is InChI=1S/C23H16N2O4/c24-15-18(14-16-10-12-17(13-11-16)23(27)28)22(26)25-20-8-4-5-9-21(20)29-19-6-2-1-3-7-19/h1-14H,(H,25,26)(H,27,28)/b18-14+. The lowest BCUT2D eigenvalue weighted by molar-refractivity contribution is -0.112. The van der Waals surface area contributed by atoms with Gasteiger partial charge < -0.3 is 15.2 Å². The van der Waals surface area contributed by atoms with Crippen LogP contribution < -0.4 is 10.1 Å². The number of amides is 1. The van der Waals surface area contributed by atoms with Crippen LogP contribution in [0.1, 0.15) is 15.9 Å². The van der Waals surface area contributed by atoms with Crippen LogP contribution >= 0.6 is 0 Å². The molecule has 0 saturated heterocycles. The second kappa shape index (κ2) is 9.02. The zero-order chi connectivity index (χ0) is 20.6. The third kappa shape index (κ3) is 5.08. The number of nitriles is 1. The predicted molar refractivity (Wildman–Crippen MR) is 109 cm³/mol. The summed E-state index contributed by atoms with van der Waals surface area (Å²) in [4.78, 5) is 23.5. The van der Waals surface area contributed by atoms with E-state index in [9.17, 15) is 14.9 Å². The summed E-state index contributed by atoms with van der Waals surface area (Å²) in [5, 5.41) is 21.0. The van der Waals surface area contributed by atoms with Gasteiger partial charge in [-0.05, 0) is 48.0 Å². The molecule has 0 atom stereocenters. The van der Waals surface area contributed by atoms with E-state index < -0.39 is 11.9 Å². The van der Waals surface area contributed by atoms with Crippen LogP contribution in [0.2, 0.25) is 0 Å². The number of nitrogens with one attached hydrogen (secondary N) is 1. The fraction of sp³-hybridized carbons (Fsp3) is 0.